The summed E-state index contributed by atoms with van der Waals surface area (Å²) in [6, 6.07) is 5.10. The van der Waals surface area contributed by atoms with E-state index in [-0.39, 0.29) is 18.3 Å². The van der Waals surface area contributed by atoms with Crippen LogP contribution in [0.25, 0.3) is 0 Å². The maximum Gasteiger partial charge on any atom is 0.310 e. The van der Waals surface area contributed by atoms with Crippen LogP contribution in [-0.4, -0.2) is 28.3 Å². The molecular formula is C17H20ClN3O3. The van der Waals surface area contributed by atoms with Crippen LogP contribution < -0.4 is 5.32 Å². The van der Waals surface area contributed by atoms with Crippen molar-refractivity contribution in [3.63, 3.8) is 0 Å². The van der Waals surface area contributed by atoms with E-state index in [2.05, 4.69) is 10.4 Å². The summed E-state index contributed by atoms with van der Waals surface area (Å²) in [5.74, 6) is -0.430. The van der Waals surface area contributed by atoms with E-state index in [4.69, 9.17) is 16.3 Å². The highest BCUT2D eigenvalue weighted by Gasteiger charge is 2.10. The highest BCUT2D eigenvalue weighted by molar-refractivity contribution is 6.33. The Bertz CT molecular complexity index is 728. The van der Waals surface area contributed by atoms with E-state index < -0.39 is 0 Å². The molecule has 0 bridgehead atoms. The minimum atomic E-state index is -0.304. The van der Waals surface area contributed by atoms with E-state index in [1.165, 1.54) is 0 Å². The molecule has 0 radical (unpaired) electrons. The summed E-state index contributed by atoms with van der Waals surface area (Å²) in [6.45, 7) is 2.10. The molecule has 0 aliphatic rings. The van der Waals surface area contributed by atoms with Crippen LogP contribution in [0.4, 0.5) is 5.69 Å². The maximum absolute atomic E-state index is 12.0. The van der Waals surface area contributed by atoms with Gasteiger partial charge in [-0.15, -0.1) is 0 Å². The van der Waals surface area contributed by atoms with Crippen molar-refractivity contribution < 1.29 is 14.3 Å². The molecule has 0 aliphatic heterocycles. The average Bonchev–Trinajstić information content (AvgIpc) is 2.94. The van der Waals surface area contributed by atoms with Crippen LogP contribution in [-0.2, 0) is 34.2 Å². The molecular weight excluding hydrogens is 330 g/mol. The summed E-state index contributed by atoms with van der Waals surface area (Å²) in [4.78, 5) is 23.5. The summed E-state index contributed by atoms with van der Waals surface area (Å²) >= 11 is 6.17. The van der Waals surface area contributed by atoms with Gasteiger partial charge in [0, 0.05) is 19.7 Å². The average molecular weight is 350 g/mol. The highest BCUT2D eigenvalue weighted by Crippen LogP contribution is 2.23. The smallest absolute Gasteiger partial charge is 0.310 e. The number of nitrogens with one attached hydrogen (secondary N) is 1. The Kier molecular flexibility index (Phi) is 6.37. The van der Waals surface area contributed by atoms with Gasteiger partial charge in [0.05, 0.1) is 29.9 Å². The number of rotatable bonds is 7. The monoisotopic (exact) mass is 349 g/mol. The number of esters is 1. The highest BCUT2D eigenvalue weighted by atomic mass is 35.5. The molecule has 0 spiro atoms. The summed E-state index contributed by atoms with van der Waals surface area (Å²) in [7, 11) is 1.83. The minimum absolute atomic E-state index is 0.126. The number of hydrogen-bond acceptors (Lipinski definition) is 4. The van der Waals surface area contributed by atoms with Crippen LogP contribution in [0, 0.1) is 0 Å². The number of nitrogens with zero attached hydrogens (tertiary/aromatic N) is 2. The van der Waals surface area contributed by atoms with Gasteiger partial charge in [0.15, 0.2) is 0 Å². The van der Waals surface area contributed by atoms with E-state index in [1.54, 1.807) is 36.0 Å². The molecule has 6 nitrogen and oxygen atoms in total. The lowest BCUT2D eigenvalue weighted by Crippen LogP contribution is -2.13. The molecule has 1 N–H and O–H groups in total. The standard InChI is InChI=1S/C17H20ClN3O3/c1-3-24-17(23)9-12-4-6-15(14(18)8-12)20-16(22)7-5-13-10-19-21(2)11-13/h4,6,8,10-11H,3,5,7,9H2,1-2H3,(H,20,22). The summed E-state index contributed by atoms with van der Waals surface area (Å²) in [6.07, 6.45) is 4.72. The summed E-state index contributed by atoms with van der Waals surface area (Å²) < 4.78 is 6.60. The number of amides is 1. The molecule has 1 aromatic heterocycles. The third-order valence-corrected chi connectivity index (χ3v) is 3.67. The number of aromatic nitrogens is 2. The van der Waals surface area contributed by atoms with Crippen LogP contribution in [0.2, 0.25) is 5.02 Å². The van der Waals surface area contributed by atoms with Crippen LogP contribution >= 0.6 is 11.6 Å². The number of carbonyl (C=O) groups is 2. The molecule has 2 rings (SSSR count). The first kappa shape index (κ1) is 18.0. The quantitative estimate of drug-likeness (QED) is 0.780. The predicted octanol–water partition coefficient (Wildman–Crippen LogP) is 2.75. The van der Waals surface area contributed by atoms with Crippen LogP contribution in [0.5, 0.6) is 0 Å². The number of hydrogen-bond donors (Lipinski definition) is 1. The molecule has 1 amide bonds. The van der Waals surface area contributed by atoms with Crippen molar-refractivity contribution in [2.45, 2.75) is 26.2 Å². The largest absolute Gasteiger partial charge is 0.466 e. The van der Waals surface area contributed by atoms with Crippen molar-refractivity contribution in [1.82, 2.24) is 9.78 Å². The van der Waals surface area contributed by atoms with E-state index in [9.17, 15) is 9.59 Å². The SMILES string of the molecule is CCOC(=O)Cc1ccc(NC(=O)CCc2cnn(C)c2)c(Cl)c1. The van der Waals surface area contributed by atoms with Gasteiger partial charge in [-0.3, -0.25) is 14.3 Å². The van der Waals surface area contributed by atoms with E-state index >= 15 is 0 Å². The zero-order valence-electron chi connectivity index (χ0n) is 13.7. The molecule has 7 heteroatoms. The van der Waals surface area contributed by atoms with Crippen molar-refractivity contribution in [3.8, 4) is 0 Å². The molecule has 0 saturated carbocycles. The number of ether oxygens (including phenoxy) is 1. The lowest BCUT2D eigenvalue weighted by atomic mass is 10.1. The fraction of sp³-hybridized carbons (Fsp3) is 0.353. The van der Waals surface area contributed by atoms with Gasteiger partial charge >= 0.3 is 5.97 Å². The second-order valence-electron chi connectivity index (χ2n) is 5.37. The molecule has 24 heavy (non-hydrogen) atoms. The van der Waals surface area contributed by atoms with E-state index in [0.29, 0.717) is 30.2 Å². The second kappa shape index (κ2) is 8.49. The number of aryl methyl sites for hydroxylation is 2. The zero-order chi connectivity index (χ0) is 17.5. The van der Waals surface area contributed by atoms with Gasteiger partial charge in [-0.05, 0) is 36.6 Å². The molecule has 1 heterocycles. The normalized spacial score (nSPS) is 10.5. The van der Waals surface area contributed by atoms with Crippen molar-refractivity contribution in [2.75, 3.05) is 11.9 Å². The van der Waals surface area contributed by atoms with Gasteiger partial charge in [-0.2, -0.15) is 5.10 Å². The Morgan fingerprint density at radius 1 is 1.33 bits per heavy atom. The second-order valence-corrected chi connectivity index (χ2v) is 5.77. The molecule has 0 atom stereocenters. The van der Waals surface area contributed by atoms with Crippen LogP contribution in [0.3, 0.4) is 0 Å². The predicted molar refractivity (Wildman–Crippen MR) is 91.9 cm³/mol. The maximum atomic E-state index is 12.0. The van der Waals surface area contributed by atoms with E-state index in [0.717, 1.165) is 11.1 Å². The molecule has 128 valence electrons. The van der Waals surface area contributed by atoms with Gasteiger partial charge in [0.25, 0.3) is 0 Å². The van der Waals surface area contributed by atoms with Crippen LogP contribution in [0.15, 0.2) is 30.6 Å². The lowest BCUT2D eigenvalue weighted by molar-refractivity contribution is -0.142. The van der Waals surface area contributed by atoms with E-state index in [1.807, 2.05) is 13.2 Å². The van der Waals surface area contributed by atoms with Gasteiger partial charge in [0.1, 0.15) is 0 Å². The van der Waals surface area contributed by atoms with Crippen molar-refractivity contribution in [3.05, 3.63) is 46.7 Å². The van der Waals surface area contributed by atoms with Gasteiger partial charge in [0.2, 0.25) is 5.91 Å². The van der Waals surface area contributed by atoms with Crippen molar-refractivity contribution in [1.29, 1.82) is 0 Å². The van der Waals surface area contributed by atoms with Gasteiger partial charge < -0.3 is 10.1 Å². The van der Waals surface area contributed by atoms with Gasteiger partial charge in [-0.1, -0.05) is 17.7 Å². The lowest BCUT2D eigenvalue weighted by Gasteiger charge is -2.09. The first-order valence-corrected chi connectivity index (χ1v) is 8.07. The first-order valence-electron chi connectivity index (χ1n) is 7.69. The summed E-state index contributed by atoms with van der Waals surface area (Å²) in [5, 5.41) is 7.24. The minimum Gasteiger partial charge on any atom is -0.466 e. The fourth-order valence-corrected chi connectivity index (χ4v) is 2.47. The van der Waals surface area contributed by atoms with Crippen LogP contribution in [0.1, 0.15) is 24.5 Å². The zero-order valence-corrected chi connectivity index (χ0v) is 14.5. The summed E-state index contributed by atoms with van der Waals surface area (Å²) in [5.41, 5.74) is 2.27. The fourth-order valence-electron chi connectivity index (χ4n) is 2.22. The molecule has 0 fully saturated rings. The topological polar surface area (TPSA) is 73.2 Å². The molecule has 0 saturated heterocycles. The number of halogens is 1. The third kappa shape index (κ3) is 5.38. The Hall–Kier alpha value is -2.34. The van der Waals surface area contributed by atoms with Crippen molar-refractivity contribution in [2.24, 2.45) is 7.05 Å². The third-order valence-electron chi connectivity index (χ3n) is 3.36. The Labute approximate surface area is 145 Å². The Balaban J connectivity index is 1.89. The molecule has 2 aromatic rings. The van der Waals surface area contributed by atoms with Crippen molar-refractivity contribution >= 4 is 29.2 Å². The number of carbonyl (C=O) groups excluding carboxylic acids is 2. The first-order chi connectivity index (χ1) is 11.5. The molecule has 1 aromatic carbocycles. The number of anilines is 1. The van der Waals surface area contributed by atoms with Gasteiger partial charge in [-0.25, -0.2) is 0 Å². The Morgan fingerprint density at radius 2 is 2.12 bits per heavy atom. The molecule has 0 unspecified atom stereocenters. The molecule has 0 aliphatic carbocycles. The number of benzene rings is 1. The Morgan fingerprint density at radius 3 is 2.75 bits per heavy atom.